The maximum atomic E-state index is 11.8. The molecular weight excluding hydrogens is 252 g/mol. The predicted molar refractivity (Wildman–Crippen MR) is 80.8 cm³/mol. The molecule has 2 aliphatic carbocycles. The van der Waals surface area contributed by atoms with Crippen LogP contribution in [0, 0.1) is 11.8 Å². The summed E-state index contributed by atoms with van der Waals surface area (Å²) in [5.74, 6) is 1.04. The normalized spacial score (nSPS) is 37.1. The van der Waals surface area contributed by atoms with Crippen molar-refractivity contribution in [1.29, 1.82) is 0 Å². The Balaban J connectivity index is 1.95. The van der Waals surface area contributed by atoms with Gasteiger partial charge in [-0.05, 0) is 64.0 Å². The average Bonchev–Trinajstić information content (AvgIpc) is 3.11. The molecule has 0 radical (unpaired) electrons. The predicted octanol–water partition coefficient (Wildman–Crippen LogP) is 2.34. The third-order valence-corrected chi connectivity index (χ3v) is 5.27. The van der Waals surface area contributed by atoms with Gasteiger partial charge >= 0.3 is 5.97 Å². The van der Waals surface area contributed by atoms with Gasteiger partial charge in [0.2, 0.25) is 0 Å². The quantitative estimate of drug-likeness (QED) is 0.752. The molecule has 4 heteroatoms. The molecule has 4 unspecified atom stereocenters. The number of carbonyl (C=O) groups is 1. The summed E-state index contributed by atoms with van der Waals surface area (Å²) in [6, 6.07) is 0.414. The first-order chi connectivity index (χ1) is 9.48. The van der Waals surface area contributed by atoms with E-state index >= 15 is 0 Å². The fourth-order valence-corrected chi connectivity index (χ4v) is 3.59. The van der Waals surface area contributed by atoms with Gasteiger partial charge in [-0.25, -0.2) is 0 Å². The summed E-state index contributed by atoms with van der Waals surface area (Å²) in [5, 5.41) is 13.0. The lowest BCUT2D eigenvalue weighted by Crippen LogP contribution is -2.58. The minimum absolute atomic E-state index is 0.414. The molecule has 2 fully saturated rings. The van der Waals surface area contributed by atoms with E-state index in [1.165, 1.54) is 6.42 Å². The molecule has 0 amide bonds. The minimum atomic E-state index is -0.692. The van der Waals surface area contributed by atoms with Crippen molar-refractivity contribution in [3.8, 4) is 0 Å². The van der Waals surface area contributed by atoms with Crippen LogP contribution in [0.4, 0.5) is 0 Å². The summed E-state index contributed by atoms with van der Waals surface area (Å²) in [6.45, 7) is 6.32. The fraction of sp³-hybridized carbons (Fsp3) is 0.938. The second-order valence-corrected chi connectivity index (χ2v) is 6.98. The standard InChI is InChI=1S/C16H30N2O2/c1-4-8-17-16(15(19)20)7-5-6-14(10-16)18(3)11-13-9-12(13)2/h12-14,17H,4-11H2,1-3H3,(H,19,20). The summed E-state index contributed by atoms with van der Waals surface area (Å²) in [5.41, 5.74) is -0.692. The van der Waals surface area contributed by atoms with Crippen molar-refractivity contribution in [2.24, 2.45) is 11.8 Å². The van der Waals surface area contributed by atoms with Crippen LogP contribution in [0.1, 0.15) is 52.4 Å². The number of carboxylic acids is 1. The number of rotatable bonds is 7. The van der Waals surface area contributed by atoms with Gasteiger partial charge in [0.1, 0.15) is 5.54 Å². The second-order valence-electron chi connectivity index (χ2n) is 6.98. The van der Waals surface area contributed by atoms with Crippen molar-refractivity contribution < 1.29 is 9.90 Å². The van der Waals surface area contributed by atoms with Crippen LogP contribution in [0.2, 0.25) is 0 Å². The van der Waals surface area contributed by atoms with E-state index in [4.69, 9.17) is 0 Å². The van der Waals surface area contributed by atoms with Gasteiger partial charge < -0.3 is 15.3 Å². The van der Waals surface area contributed by atoms with Gasteiger partial charge in [0, 0.05) is 12.6 Å². The molecule has 2 saturated carbocycles. The molecule has 0 aliphatic heterocycles. The van der Waals surface area contributed by atoms with E-state index in [1.54, 1.807) is 0 Å². The molecule has 2 rings (SSSR count). The zero-order chi connectivity index (χ0) is 14.8. The highest BCUT2D eigenvalue weighted by Crippen LogP contribution is 2.39. The Hall–Kier alpha value is -0.610. The number of aliphatic carboxylic acids is 1. The number of nitrogens with one attached hydrogen (secondary N) is 1. The highest BCUT2D eigenvalue weighted by molar-refractivity contribution is 5.79. The molecule has 0 bridgehead atoms. The van der Waals surface area contributed by atoms with Gasteiger partial charge in [0.15, 0.2) is 0 Å². The number of hydrogen-bond acceptors (Lipinski definition) is 3. The first-order valence-corrected chi connectivity index (χ1v) is 8.17. The van der Waals surface area contributed by atoms with Crippen LogP contribution in [0.15, 0.2) is 0 Å². The number of nitrogens with zero attached hydrogens (tertiary/aromatic N) is 1. The van der Waals surface area contributed by atoms with Gasteiger partial charge in [-0.15, -0.1) is 0 Å². The van der Waals surface area contributed by atoms with E-state index in [2.05, 4.69) is 31.1 Å². The van der Waals surface area contributed by atoms with Crippen LogP contribution >= 0.6 is 0 Å². The molecule has 0 heterocycles. The minimum Gasteiger partial charge on any atom is -0.480 e. The van der Waals surface area contributed by atoms with Crippen LogP contribution in [0.25, 0.3) is 0 Å². The lowest BCUT2D eigenvalue weighted by atomic mass is 9.78. The summed E-state index contributed by atoms with van der Waals surface area (Å²) < 4.78 is 0. The van der Waals surface area contributed by atoms with Gasteiger partial charge in [0.25, 0.3) is 0 Å². The Morgan fingerprint density at radius 2 is 2.20 bits per heavy atom. The van der Waals surface area contributed by atoms with E-state index in [1.807, 2.05) is 0 Å². The van der Waals surface area contributed by atoms with Crippen molar-refractivity contribution in [1.82, 2.24) is 10.2 Å². The molecular formula is C16H30N2O2. The first kappa shape index (κ1) is 15.8. The van der Waals surface area contributed by atoms with Crippen molar-refractivity contribution in [3.63, 3.8) is 0 Å². The molecule has 2 aliphatic rings. The molecule has 0 aromatic carbocycles. The van der Waals surface area contributed by atoms with Crippen molar-refractivity contribution in [2.45, 2.75) is 64.0 Å². The summed E-state index contributed by atoms with van der Waals surface area (Å²) >= 11 is 0. The Bertz CT molecular complexity index is 347. The van der Waals surface area contributed by atoms with Gasteiger partial charge in [0.05, 0.1) is 0 Å². The molecule has 0 aromatic heterocycles. The van der Waals surface area contributed by atoms with Crippen LogP contribution < -0.4 is 5.32 Å². The van der Waals surface area contributed by atoms with Gasteiger partial charge in [-0.1, -0.05) is 13.8 Å². The molecule has 0 aromatic rings. The molecule has 0 spiro atoms. The smallest absolute Gasteiger partial charge is 0.323 e. The van der Waals surface area contributed by atoms with E-state index in [9.17, 15) is 9.90 Å². The average molecular weight is 282 g/mol. The SMILES string of the molecule is CCCNC1(C(=O)O)CCCC(N(C)CC2CC2C)C1. The lowest BCUT2D eigenvalue weighted by molar-refractivity contribution is -0.147. The van der Waals surface area contributed by atoms with Gasteiger partial charge in [-0.3, -0.25) is 4.79 Å². The van der Waals surface area contributed by atoms with Crippen LogP contribution in [0.3, 0.4) is 0 Å². The summed E-state index contributed by atoms with van der Waals surface area (Å²) in [4.78, 5) is 14.2. The van der Waals surface area contributed by atoms with E-state index in [-0.39, 0.29) is 0 Å². The van der Waals surface area contributed by atoms with Crippen LogP contribution in [0.5, 0.6) is 0 Å². The Morgan fingerprint density at radius 1 is 1.50 bits per heavy atom. The molecule has 0 saturated heterocycles. The highest BCUT2D eigenvalue weighted by Gasteiger charge is 2.44. The fourth-order valence-electron chi connectivity index (χ4n) is 3.59. The first-order valence-electron chi connectivity index (χ1n) is 8.17. The van der Waals surface area contributed by atoms with Crippen molar-refractivity contribution in [2.75, 3.05) is 20.1 Å². The Kier molecular flexibility index (Phi) is 5.08. The Morgan fingerprint density at radius 3 is 2.75 bits per heavy atom. The third kappa shape index (κ3) is 3.53. The Labute approximate surface area is 122 Å². The summed E-state index contributed by atoms with van der Waals surface area (Å²) in [7, 11) is 2.17. The van der Waals surface area contributed by atoms with E-state index < -0.39 is 11.5 Å². The van der Waals surface area contributed by atoms with Crippen molar-refractivity contribution >= 4 is 5.97 Å². The number of carboxylic acid groups (broad SMARTS) is 1. The van der Waals surface area contributed by atoms with E-state index in [0.29, 0.717) is 6.04 Å². The van der Waals surface area contributed by atoms with Gasteiger partial charge in [-0.2, -0.15) is 0 Å². The zero-order valence-corrected chi connectivity index (χ0v) is 13.2. The van der Waals surface area contributed by atoms with Crippen LogP contribution in [-0.4, -0.2) is 47.7 Å². The molecule has 20 heavy (non-hydrogen) atoms. The third-order valence-electron chi connectivity index (χ3n) is 5.27. The zero-order valence-electron chi connectivity index (χ0n) is 13.2. The molecule has 4 nitrogen and oxygen atoms in total. The maximum absolute atomic E-state index is 11.8. The molecule has 4 atom stereocenters. The topological polar surface area (TPSA) is 52.6 Å². The summed E-state index contributed by atoms with van der Waals surface area (Å²) in [6.07, 6.45) is 6.00. The van der Waals surface area contributed by atoms with E-state index in [0.717, 1.165) is 57.0 Å². The monoisotopic (exact) mass is 282 g/mol. The maximum Gasteiger partial charge on any atom is 0.323 e. The molecule has 116 valence electrons. The van der Waals surface area contributed by atoms with Crippen LogP contribution in [-0.2, 0) is 4.79 Å². The second kappa shape index (κ2) is 6.44. The van der Waals surface area contributed by atoms with Crippen molar-refractivity contribution in [3.05, 3.63) is 0 Å². The largest absolute Gasteiger partial charge is 0.480 e. The molecule has 2 N–H and O–H groups in total. The lowest BCUT2D eigenvalue weighted by Gasteiger charge is -2.42. The number of hydrogen-bond donors (Lipinski definition) is 2. The highest BCUT2D eigenvalue weighted by atomic mass is 16.4.